The largest absolute Gasteiger partial charge is 0.460 e. The third kappa shape index (κ3) is 17.4. The molecule has 0 aliphatic heterocycles. The Balaban J connectivity index is 3.19. The van der Waals surface area contributed by atoms with Crippen molar-refractivity contribution in [2.24, 2.45) is 0 Å². The first-order valence-corrected chi connectivity index (χ1v) is 7.88. The van der Waals surface area contributed by atoms with E-state index in [0.717, 1.165) is 0 Å². The number of ether oxygens (including phenoxy) is 5. The Morgan fingerprint density at radius 2 is 1.27 bits per heavy atom. The summed E-state index contributed by atoms with van der Waals surface area (Å²) >= 11 is 0. The van der Waals surface area contributed by atoms with E-state index in [1.807, 2.05) is 34.6 Å². The second kappa shape index (κ2) is 12.8. The van der Waals surface area contributed by atoms with E-state index in [-0.39, 0.29) is 18.5 Å². The van der Waals surface area contributed by atoms with Crippen molar-refractivity contribution in [3.05, 3.63) is 0 Å². The number of carbonyl (C=O) groups is 1. The molecule has 0 unspecified atom stereocenters. The molecule has 0 amide bonds. The maximum atomic E-state index is 11.4. The van der Waals surface area contributed by atoms with Gasteiger partial charge in [0.1, 0.15) is 5.60 Å². The molecule has 0 bridgehead atoms. The van der Waals surface area contributed by atoms with Crippen LogP contribution in [0.4, 0.5) is 0 Å². The standard InChI is InChI=1S/C16H32O6/c1-14(2)21-13-12-20-11-10-19-9-8-18-7-6-15(17)22-16(3,4)5/h14H,6-13H2,1-5H3. The van der Waals surface area contributed by atoms with Gasteiger partial charge in [0.2, 0.25) is 0 Å². The highest BCUT2D eigenvalue weighted by molar-refractivity contribution is 5.69. The zero-order valence-corrected chi connectivity index (χ0v) is 14.7. The van der Waals surface area contributed by atoms with Crippen molar-refractivity contribution in [3.8, 4) is 0 Å². The molecule has 0 N–H and O–H groups in total. The molecule has 0 heterocycles. The van der Waals surface area contributed by atoms with Crippen molar-refractivity contribution in [3.63, 3.8) is 0 Å². The summed E-state index contributed by atoms with van der Waals surface area (Å²) in [5.74, 6) is -0.245. The zero-order chi connectivity index (χ0) is 16.8. The quantitative estimate of drug-likeness (QED) is 0.383. The highest BCUT2D eigenvalue weighted by Gasteiger charge is 2.15. The first kappa shape index (κ1) is 21.3. The van der Waals surface area contributed by atoms with Crippen LogP contribution in [-0.4, -0.2) is 63.9 Å². The zero-order valence-electron chi connectivity index (χ0n) is 14.7. The van der Waals surface area contributed by atoms with Crippen molar-refractivity contribution in [1.29, 1.82) is 0 Å². The molecule has 0 radical (unpaired) electrons. The van der Waals surface area contributed by atoms with Gasteiger partial charge in [-0.15, -0.1) is 0 Å². The van der Waals surface area contributed by atoms with E-state index in [2.05, 4.69) is 0 Å². The SMILES string of the molecule is CC(C)OCCOCCOCCOCCC(=O)OC(C)(C)C. The molecular formula is C16H32O6. The smallest absolute Gasteiger partial charge is 0.308 e. The molecule has 132 valence electrons. The Bertz CT molecular complexity index is 272. The lowest BCUT2D eigenvalue weighted by atomic mass is 10.2. The van der Waals surface area contributed by atoms with Crippen LogP contribution in [0.5, 0.6) is 0 Å². The summed E-state index contributed by atoms with van der Waals surface area (Å²) in [5.41, 5.74) is -0.444. The van der Waals surface area contributed by atoms with E-state index in [0.29, 0.717) is 46.2 Å². The van der Waals surface area contributed by atoms with Gasteiger partial charge in [0.25, 0.3) is 0 Å². The maximum Gasteiger partial charge on any atom is 0.308 e. The van der Waals surface area contributed by atoms with Crippen molar-refractivity contribution in [2.75, 3.05) is 46.2 Å². The lowest BCUT2D eigenvalue weighted by molar-refractivity contribution is -0.156. The molecule has 0 aromatic rings. The second-order valence-corrected chi connectivity index (χ2v) is 6.09. The Morgan fingerprint density at radius 3 is 1.73 bits per heavy atom. The van der Waals surface area contributed by atoms with E-state index in [1.165, 1.54) is 0 Å². The van der Waals surface area contributed by atoms with Crippen LogP contribution < -0.4 is 0 Å². The molecule has 6 nitrogen and oxygen atoms in total. The lowest BCUT2D eigenvalue weighted by Crippen LogP contribution is -2.24. The average Bonchev–Trinajstić information content (AvgIpc) is 2.37. The van der Waals surface area contributed by atoms with E-state index in [4.69, 9.17) is 23.7 Å². The molecule has 22 heavy (non-hydrogen) atoms. The lowest BCUT2D eigenvalue weighted by Gasteiger charge is -2.19. The predicted molar refractivity (Wildman–Crippen MR) is 84.0 cm³/mol. The highest BCUT2D eigenvalue weighted by atomic mass is 16.6. The van der Waals surface area contributed by atoms with Crippen molar-refractivity contribution < 1.29 is 28.5 Å². The van der Waals surface area contributed by atoms with E-state index >= 15 is 0 Å². The molecule has 0 aromatic heterocycles. The number of carbonyl (C=O) groups excluding carboxylic acids is 1. The summed E-state index contributed by atoms with van der Waals surface area (Å²) in [6.07, 6.45) is 0.494. The van der Waals surface area contributed by atoms with Crippen LogP contribution >= 0.6 is 0 Å². The van der Waals surface area contributed by atoms with E-state index < -0.39 is 5.60 Å². The van der Waals surface area contributed by atoms with Crippen LogP contribution in [0.3, 0.4) is 0 Å². The van der Waals surface area contributed by atoms with Crippen LogP contribution in [0.2, 0.25) is 0 Å². The number of hydrogen-bond acceptors (Lipinski definition) is 6. The topological polar surface area (TPSA) is 63.2 Å². The fourth-order valence-electron chi connectivity index (χ4n) is 1.43. The van der Waals surface area contributed by atoms with Gasteiger partial charge in [0, 0.05) is 0 Å². The number of hydrogen-bond donors (Lipinski definition) is 0. The van der Waals surface area contributed by atoms with Gasteiger partial charge in [0.15, 0.2) is 0 Å². The van der Waals surface area contributed by atoms with Gasteiger partial charge in [-0.3, -0.25) is 4.79 Å². The molecule has 0 fully saturated rings. The van der Waals surface area contributed by atoms with Crippen LogP contribution in [0.25, 0.3) is 0 Å². The molecule has 0 spiro atoms. The van der Waals surface area contributed by atoms with Crippen LogP contribution in [0.15, 0.2) is 0 Å². The number of esters is 1. The van der Waals surface area contributed by atoms with Crippen LogP contribution in [-0.2, 0) is 28.5 Å². The van der Waals surface area contributed by atoms with Crippen LogP contribution in [0, 0.1) is 0 Å². The van der Waals surface area contributed by atoms with E-state index in [1.54, 1.807) is 0 Å². The molecule has 0 rings (SSSR count). The number of rotatable bonds is 13. The molecule has 0 saturated carbocycles. The molecule has 0 saturated heterocycles. The van der Waals surface area contributed by atoms with Crippen molar-refractivity contribution in [2.45, 2.75) is 52.7 Å². The minimum absolute atomic E-state index is 0.234. The fraction of sp³-hybridized carbons (Fsp3) is 0.938. The summed E-state index contributed by atoms with van der Waals surface area (Å²) in [7, 11) is 0. The Morgan fingerprint density at radius 1 is 0.818 bits per heavy atom. The van der Waals surface area contributed by atoms with Crippen molar-refractivity contribution in [1.82, 2.24) is 0 Å². The predicted octanol–water partition coefficient (Wildman–Crippen LogP) is 2.19. The second-order valence-electron chi connectivity index (χ2n) is 6.09. The monoisotopic (exact) mass is 320 g/mol. The summed E-state index contributed by atoms with van der Waals surface area (Å²) in [5, 5.41) is 0. The molecule has 0 aliphatic rings. The van der Waals surface area contributed by atoms with Gasteiger partial charge < -0.3 is 23.7 Å². The van der Waals surface area contributed by atoms with E-state index in [9.17, 15) is 4.79 Å². The van der Waals surface area contributed by atoms with Crippen LogP contribution in [0.1, 0.15) is 41.0 Å². The highest BCUT2D eigenvalue weighted by Crippen LogP contribution is 2.07. The van der Waals surface area contributed by atoms with Gasteiger partial charge in [-0.25, -0.2) is 0 Å². The first-order valence-electron chi connectivity index (χ1n) is 7.88. The van der Waals surface area contributed by atoms with Gasteiger partial charge >= 0.3 is 5.97 Å². The first-order chi connectivity index (χ1) is 10.3. The molecular weight excluding hydrogens is 288 g/mol. The maximum absolute atomic E-state index is 11.4. The average molecular weight is 320 g/mol. The van der Waals surface area contributed by atoms with Crippen molar-refractivity contribution >= 4 is 5.97 Å². The fourth-order valence-corrected chi connectivity index (χ4v) is 1.43. The minimum atomic E-state index is -0.444. The van der Waals surface area contributed by atoms with Gasteiger partial charge in [-0.2, -0.15) is 0 Å². The van der Waals surface area contributed by atoms with Gasteiger partial charge in [-0.1, -0.05) is 0 Å². The summed E-state index contributed by atoms with van der Waals surface area (Å²) < 4.78 is 26.5. The molecule has 0 aromatic carbocycles. The van der Waals surface area contributed by atoms with Gasteiger partial charge in [-0.05, 0) is 34.6 Å². The molecule has 6 heteroatoms. The minimum Gasteiger partial charge on any atom is -0.460 e. The summed E-state index contributed by atoms with van der Waals surface area (Å²) in [6.45, 7) is 13.1. The Kier molecular flexibility index (Phi) is 12.4. The van der Waals surface area contributed by atoms with Gasteiger partial charge in [0.05, 0.1) is 58.8 Å². The molecule has 0 aliphatic carbocycles. The summed E-state index contributed by atoms with van der Waals surface area (Å²) in [6, 6.07) is 0. The third-order valence-corrected chi connectivity index (χ3v) is 2.29. The normalized spacial score (nSPS) is 11.9. The summed E-state index contributed by atoms with van der Waals surface area (Å²) in [4.78, 5) is 11.4. The Labute approximate surface area is 134 Å². The molecule has 0 atom stereocenters. The third-order valence-electron chi connectivity index (χ3n) is 2.29. The Hall–Kier alpha value is -0.690.